The van der Waals surface area contributed by atoms with Gasteiger partial charge in [-0.15, -0.1) is 10.2 Å². The van der Waals surface area contributed by atoms with Crippen LogP contribution in [-0.4, -0.2) is 15.3 Å². The molecule has 0 bridgehead atoms. The van der Waals surface area contributed by atoms with E-state index < -0.39 is 0 Å². The summed E-state index contributed by atoms with van der Waals surface area (Å²) in [6, 6.07) is 3.17. The molecule has 0 aliphatic carbocycles. The standard InChI is InChI=1S/C11H11Cl2N3OS/c1-2-9-15-16-11(18-9)14-5-6-3-7(12)4-8(13)10(6)17/h3-4,17H,2,5H2,1H3,(H,14,16). The lowest BCUT2D eigenvalue weighted by molar-refractivity contribution is 0.469. The zero-order valence-corrected chi connectivity index (χ0v) is 11.9. The summed E-state index contributed by atoms with van der Waals surface area (Å²) in [5.41, 5.74) is 0.626. The Morgan fingerprint density at radius 1 is 1.33 bits per heavy atom. The maximum atomic E-state index is 9.79. The highest BCUT2D eigenvalue weighted by atomic mass is 35.5. The molecule has 0 saturated carbocycles. The monoisotopic (exact) mass is 303 g/mol. The minimum absolute atomic E-state index is 0.0359. The lowest BCUT2D eigenvalue weighted by Crippen LogP contribution is -1.99. The van der Waals surface area contributed by atoms with Crippen LogP contribution in [0.5, 0.6) is 5.75 Å². The van der Waals surface area contributed by atoms with E-state index in [1.807, 2.05) is 6.92 Å². The molecular weight excluding hydrogens is 293 g/mol. The summed E-state index contributed by atoms with van der Waals surface area (Å²) < 4.78 is 0. The van der Waals surface area contributed by atoms with Crippen molar-refractivity contribution in [2.45, 2.75) is 19.9 Å². The molecule has 0 saturated heterocycles. The Kier molecular flexibility index (Phi) is 4.27. The molecule has 7 heteroatoms. The molecular formula is C11H11Cl2N3OS. The van der Waals surface area contributed by atoms with Crippen LogP contribution in [0.4, 0.5) is 5.13 Å². The zero-order valence-electron chi connectivity index (χ0n) is 9.57. The Labute approximate surface area is 119 Å². The van der Waals surface area contributed by atoms with Crippen molar-refractivity contribution in [2.75, 3.05) is 5.32 Å². The third-order valence-corrected chi connectivity index (χ3v) is 3.84. The molecule has 0 aliphatic rings. The second kappa shape index (κ2) is 5.73. The number of hydrogen-bond acceptors (Lipinski definition) is 5. The third-order valence-electron chi connectivity index (χ3n) is 2.31. The summed E-state index contributed by atoms with van der Waals surface area (Å²) in [5, 5.41) is 23.3. The topological polar surface area (TPSA) is 58.0 Å². The van der Waals surface area contributed by atoms with Crippen molar-refractivity contribution in [1.82, 2.24) is 10.2 Å². The van der Waals surface area contributed by atoms with E-state index in [0.717, 1.165) is 11.4 Å². The molecule has 4 nitrogen and oxygen atoms in total. The van der Waals surface area contributed by atoms with E-state index in [4.69, 9.17) is 23.2 Å². The van der Waals surface area contributed by atoms with Gasteiger partial charge in [-0.3, -0.25) is 0 Å². The molecule has 1 aromatic carbocycles. The summed E-state index contributed by atoms with van der Waals surface area (Å²) >= 11 is 13.2. The van der Waals surface area contributed by atoms with Gasteiger partial charge in [0.05, 0.1) is 5.02 Å². The van der Waals surface area contributed by atoms with Gasteiger partial charge in [0.1, 0.15) is 10.8 Å². The maximum Gasteiger partial charge on any atom is 0.205 e. The SMILES string of the molecule is CCc1nnc(NCc2cc(Cl)cc(Cl)c2O)s1. The molecule has 0 amide bonds. The summed E-state index contributed by atoms with van der Waals surface area (Å²) in [4.78, 5) is 0. The predicted molar refractivity (Wildman–Crippen MR) is 74.7 cm³/mol. The molecule has 0 radical (unpaired) electrons. The van der Waals surface area contributed by atoms with Crippen molar-refractivity contribution >= 4 is 39.7 Å². The average Bonchev–Trinajstić information content (AvgIpc) is 2.80. The van der Waals surface area contributed by atoms with Crippen LogP contribution in [0.1, 0.15) is 17.5 Å². The number of rotatable bonds is 4. The maximum absolute atomic E-state index is 9.79. The number of anilines is 1. The van der Waals surface area contributed by atoms with Gasteiger partial charge >= 0.3 is 0 Å². The van der Waals surface area contributed by atoms with E-state index in [1.54, 1.807) is 6.07 Å². The number of aromatic hydroxyl groups is 1. The summed E-state index contributed by atoms with van der Waals surface area (Å²) in [6.07, 6.45) is 0.855. The lowest BCUT2D eigenvalue weighted by Gasteiger charge is -2.07. The van der Waals surface area contributed by atoms with Crippen LogP contribution in [-0.2, 0) is 13.0 Å². The first-order valence-electron chi connectivity index (χ1n) is 5.33. The molecule has 0 spiro atoms. The first-order valence-corrected chi connectivity index (χ1v) is 6.90. The Bertz CT molecular complexity index is 559. The number of phenols is 1. The Balaban J connectivity index is 2.10. The van der Waals surface area contributed by atoms with Gasteiger partial charge in [0.2, 0.25) is 5.13 Å². The van der Waals surface area contributed by atoms with Gasteiger partial charge in [0.25, 0.3) is 0 Å². The first kappa shape index (κ1) is 13.4. The fourth-order valence-electron chi connectivity index (χ4n) is 1.39. The molecule has 0 unspecified atom stereocenters. The molecule has 96 valence electrons. The molecule has 1 aromatic heterocycles. The molecule has 2 aromatic rings. The van der Waals surface area contributed by atoms with Gasteiger partial charge in [-0.1, -0.05) is 41.5 Å². The fraction of sp³-hybridized carbons (Fsp3) is 0.273. The second-order valence-electron chi connectivity index (χ2n) is 3.60. The number of nitrogens with one attached hydrogen (secondary N) is 1. The molecule has 0 atom stereocenters. The highest BCUT2D eigenvalue weighted by Crippen LogP contribution is 2.31. The Hall–Kier alpha value is -1.04. The number of hydrogen-bond donors (Lipinski definition) is 2. The van der Waals surface area contributed by atoms with Crippen molar-refractivity contribution in [3.63, 3.8) is 0 Å². The van der Waals surface area contributed by atoms with Crippen LogP contribution in [0.3, 0.4) is 0 Å². The van der Waals surface area contributed by atoms with Gasteiger partial charge < -0.3 is 10.4 Å². The zero-order chi connectivity index (χ0) is 13.1. The van der Waals surface area contributed by atoms with E-state index in [2.05, 4.69) is 15.5 Å². The highest BCUT2D eigenvalue weighted by molar-refractivity contribution is 7.15. The first-order chi connectivity index (χ1) is 8.60. The number of aryl methyl sites for hydroxylation is 1. The third kappa shape index (κ3) is 3.04. The number of benzene rings is 1. The van der Waals surface area contributed by atoms with Gasteiger partial charge in [-0.25, -0.2) is 0 Å². The van der Waals surface area contributed by atoms with Gasteiger partial charge in [-0.2, -0.15) is 0 Å². The summed E-state index contributed by atoms with van der Waals surface area (Å²) in [7, 11) is 0. The number of aromatic nitrogens is 2. The minimum Gasteiger partial charge on any atom is -0.506 e. The van der Waals surface area contributed by atoms with E-state index in [0.29, 0.717) is 22.3 Å². The van der Waals surface area contributed by atoms with Crippen molar-refractivity contribution in [2.24, 2.45) is 0 Å². The molecule has 0 aliphatic heterocycles. The number of halogens is 2. The van der Waals surface area contributed by atoms with Gasteiger partial charge in [0, 0.05) is 17.1 Å². The van der Waals surface area contributed by atoms with Crippen LogP contribution in [0.15, 0.2) is 12.1 Å². The Morgan fingerprint density at radius 3 is 2.78 bits per heavy atom. The molecule has 1 heterocycles. The average molecular weight is 304 g/mol. The van der Waals surface area contributed by atoms with Crippen molar-refractivity contribution in [3.05, 3.63) is 32.7 Å². The van der Waals surface area contributed by atoms with Crippen LogP contribution in [0.2, 0.25) is 10.0 Å². The van der Waals surface area contributed by atoms with Gasteiger partial charge in [0.15, 0.2) is 0 Å². The predicted octanol–water partition coefficient (Wildman–Crippen LogP) is 3.73. The summed E-state index contributed by atoms with van der Waals surface area (Å²) in [6.45, 7) is 2.41. The molecule has 18 heavy (non-hydrogen) atoms. The van der Waals surface area contributed by atoms with Crippen LogP contribution in [0.25, 0.3) is 0 Å². The normalized spacial score (nSPS) is 10.6. The van der Waals surface area contributed by atoms with Crippen LogP contribution in [0, 0.1) is 0 Å². The van der Waals surface area contributed by atoms with Crippen LogP contribution >= 0.6 is 34.5 Å². The van der Waals surface area contributed by atoms with Crippen LogP contribution < -0.4 is 5.32 Å². The molecule has 2 N–H and O–H groups in total. The number of nitrogens with zero attached hydrogens (tertiary/aromatic N) is 2. The Morgan fingerprint density at radius 2 is 2.11 bits per heavy atom. The van der Waals surface area contributed by atoms with Crippen molar-refractivity contribution < 1.29 is 5.11 Å². The quantitative estimate of drug-likeness (QED) is 0.903. The van der Waals surface area contributed by atoms with E-state index in [-0.39, 0.29) is 10.8 Å². The second-order valence-corrected chi connectivity index (χ2v) is 5.51. The minimum atomic E-state index is 0.0359. The smallest absolute Gasteiger partial charge is 0.205 e. The molecule has 2 rings (SSSR count). The van der Waals surface area contributed by atoms with Crippen molar-refractivity contribution in [3.8, 4) is 5.75 Å². The number of phenolic OH excluding ortho intramolecular Hbond substituents is 1. The van der Waals surface area contributed by atoms with Gasteiger partial charge in [-0.05, 0) is 18.6 Å². The fourth-order valence-corrected chi connectivity index (χ4v) is 2.60. The van der Waals surface area contributed by atoms with E-state index in [9.17, 15) is 5.11 Å². The molecule has 0 fully saturated rings. The van der Waals surface area contributed by atoms with Crippen molar-refractivity contribution in [1.29, 1.82) is 0 Å². The highest BCUT2D eigenvalue weighted by Gasteiger charge is 2.09. The summed E-state index contributed by atoms with van der Waals surface area (Å²) in [5.74, 6) is 0.0359. The van der Waals surface area contributed by atoms with E-state index >= 15 is 0 Å². The largest absolute Gasteiger partial charge is 0.506 e. The van der Waals surface area contributed by atoms with E-state index in [1.165, 1.54) is 17.4 Å². The lowest BCUT2D eigenvalue weighted by atomic mass is 10.2.